The summed E-state index contributed by atoms with van der Waals surface area (Å²) in [6, 6.07) is 12.0. The maximum atomic E-state index is 4.87. The van der Waals surface area contributed by atoms with Crippen LogP contribution >= 0.6 is 0 Å². The van der Waals surface area contributed by atoms with E-state index in [1.54, 1.807) is 24.8 Å². The molecule has 1 aromatic carbocycles. The van der Waals surface area contributed by atoms with Crippen molar-refractivity contribution < 1.29 is 0 Å². The average Bonchev–Trinajstić information content (AvgIpc) is 3.43. The minimum Gasteiger partial charge on any atom is -0.337 e. The van der Waals surface area contributed by atoms with Crippen molar-refractivity contribution in [2.75, 3.05) is 0 Å². The number of fused-ring (bicyclic) bond motifs is 2. The van der Waals surface area contributed by atoms with Crippen LogP contribution in [-0.2, 0) is 0 Å². The number of benzene rings is 1. The van der Waals surface area contributed by atoms with Gasteiger partial charge in [-0.15, -0.1) is 0 Å². The van der Waals surface area contributed by atoms with Crippen LogP contribution in [0.15, 0.2) is 73.7 Å². The van der Waals surface area contributed by atoms with Crippen LogP contribution in [0.2, 0.25) is 0 Å². The number of rotatable bonds is 3. The zero-order valence-corrected chi connectivity index (χ0v) is 15.6. The number of nitrogens with zero attached hydrogens (tertiary/aromatic N) is 6. The first-order valence-electron chi connectivity index (χ1n) is 9.36. The maximum absolute atomic E-state index is 4.87. The lowest BCUT2D eigenvalue weighted by Crippen LogP contribution is -1.86. The van der Waals surface area contributed by atoms with Crippen molar-refractivity contribution in [2.24, 2.45) is 0 Å². The molecule has 0 atom stereocenters. The van der Waals surface area contributed by atoms with Gasteiger partial charge in [-0.1, -0.05) is 18.2 Å². The van der Waals surface area contributed by atoms with Crippen molar-refractivity contribution in [3.05, 3.63) is 73.7 Å². The molecule has 0 saturated carbocycles. The number of para-hydroxylation sites is 1. The van der Waals surface area contributed by atoms with Crippen molar-refractivity contribution >= 4 is 22.1 Å². The summed E-state index contributed by atoms with van der Waals surface area (Å²) in [6.07, 6.45) is 10.4. The molecule has 0 spiro atoms. The molecule has 142 valence electrons. The van der Waals surface area contributed by atoms with E-state index in [1.165, 1.54) is 6.33 Å². The number of imidazole rings is 1. The Morgan fingerprint density at radius 2 is 1.70 bits per heavy atom. The van der Waals surface area contributed by atoms with Gasteiger partial charge >= 0.3 is 0 Å². The Kier molecular flexibility index (Phi) is 3.60. The smallest absolute Gasteiger partial charge is 0.159 e. The summed E-state index contributed by atoms with van der Waals surface area (Å²) < 4.78 is 0. The number of nitrogens with one attached hydrogen (secondary N) is 2. The molecule has 2 N–H and O–H groups in total. The second kappa shape index (κ2) is 6.56. The SMILES string of the molecule is c1cncc(-c2cccc3[nH]c(-c4n[nH]c5ncc(-c6cncnc6)cc45)nc23)c1. The zero-order chi connectivity index (χ0) is 19.9. The van der Waals surface area contributed by atoms with E-state index in [-0.39, 0.29) is 0 Å². The monoisotopic (exact) mass is 390 g/mol. The zero-order valence-electron chi connectivity index (χ0n) is 15.6. The highest BCUT2D eigenvalue weighted by Crippen LogP contribution is 2.32. The third-order valence-electron chi connectivity index (χ3n) is 5.02. The molecule has 6 aromatic rings. The van der Waals surface area contributed by atoms with E-state index in [0.29, 0.717) is 17.2 Å². The van der Waals surface area contributed by atoms with Crippen molar-refractivity contribution in [3.8, 4) is 33.8 Å². The fourth-order valence-corrected chi connectivity index (χ4v) is 3.59. The van der Waals surface area contributed by atoms with Gasteiger partial charge in [0.15, 0.2) is 11.5 Å². The average molecular weight is 390 g/mol. The molecule has 0 radical (unpaired) electrons. The molecule has 5 heterocycles. The number of hydrogen-bond acceptors (Lipinski definition) is 6. The predicted octanol–water partition coefficient (Wildman–Crippen LogP) is 4.02. The number of pyridine rings is 2. The molecule has 0 aliphatic carbocycles. The minimum atomic E-state index is 0.677. The molecule has 8 nitrogen and oxygen atoms in total. The highest BCUT2D eigenvalue weighted by molar-refractivity contribution is 5.97. The van der Waals surface area contributed by atoms with Crippen molar-refractivity contribution in [3.63, 3.8) is 0 Å². The van der Waals surface area contributed by atoms with E-state index in [9.17, 15) is 0 Å². The fraction of sp³-hybridized carbons (Fsp3) is 0. The maximum Gasteiger partial charge on any atom is 0.159 e. The molecule has 0 fully saturated rings. The number of aromatic amines is 2. The van der Waals surface area contributed by atoms with Gasteiger partial charge in [-0.2, -0.15) is 5.10 Å². The molecule has 0 aliphatic heterocycles. The molecule has 0 amide bonds. The van der Waals surface area contributed by atoms with Crippen LogP contribution in [-0.4, -0.2) is 40.1 Å². The van der Waals surface area contributed by atoms with Crippen molar-refractivity contribution in [1.82, 2.24) is 40.1 Å². The second-order valence-corrected chi connectivity index (χ2v) is 6.85. The van der Waals surface area contributed by atoms with E-state index >= 15 is 0 Å². The molecule has 6 rings (SSSR count). The third-order valence-corrected chi connectivity index (χ3v) is 5.02. The summed E-state index contributed by atoms with van der Waals surface area (Å²) in [7, 11) is 0. The van der Waals surface area contributed by atoms with E-state index in [2.05, 4.69) is 35.1 Å². The first kappa shape index (κ1) is 16.5. The molecule has 30 heavy (non-hydrogen) atoms. The van der Waals surface area contributed by atoms with Crippen molar-refractivity contribution in [2.45, 2.75) is 0 Å². The summed E-state index contributed by atoms with van der Waals surface area (Å²) in [6.45, 7) is 0. The first-order chi connectivity index (χ1) is 14.9. The van der Waals surface area contributed by atoms with Gasteiger partial charge in [-0.25, -0.2) is 19.9 Å². The van der Waals surface area contributed by atoms with Crippen LogP contribution in [0.3, 0.4) is 0 Å². The highest BCUT2D eigenvalue weighted by atomic mass is 15.2. The Morgan fingerprint density at radius 1 is 0.800 bits per heavy atom. The van der Waals surface area contributed by atoms with Gasteiger partial charge in [-0.05, 0) is 18.2 Å². The number of H-pyrrole nitrogens is 2. The molecular weight excluding hydrogens is 376 g/mol. The molecule has 8 heteroatoms. The Labute approximate surface area is 170 Å². The fourth-order valence-electron chi connectivity index (χ4n) is 3.59. The van der Waals surface area contributed by atoms with E-state index in [4.69, 9.17) is 4.98 Å². The Morgan fingerprint density at radius 3 is 2.57 bits per heavy atom. The molecule has 0 bridgehead atoms. The van der Waals surface area contributed by atoms with Gasteiger partial charge < -0.3 is 4.98 Å². The highest BCUT2D eigenvalue weighted by Gasteiger charge is 2.16. The second-order valence-electron chi connectivity index (χ2n) is 6.85. The van der Waals surface area contributed by atoms with E-state index < -0.39 is 0 Å². The number of hydrogen-bond donors (Lipinski definition) is 2. The predicted molar refractivity (Wildman–Crippen MR) is 113 cm³/mol. The summed E-state index contributed by atoms with van der Waals surface area (Å²) in [5, 5.41) is 8.34. The van der Waals surface area contributed by atoms with Gasteiger partial charge in [0.2, 0.25) is 0 Å². The minimum absolute atomic E-state index is 0.677. The van der Waals surface area contributed by atoms with Crippen LogP contribution < -0.4 is 0 Å². The Bertz CT molecular complexity index is 1490. The summed E-state index contributed by atoms with van der Waals surface area (Å²) in [5.74, 6) is 0.677. The molecule has 0 saturated heterocycles. The number of aromatic nitrogens is 8. The Balaban J connectivity index is 1.52. The quantitative estimate of drug-likeness (QED) is 0.472. The molecule has 0 unspecified atom stereocenters. The topological polar surface area (TPSA) is 109 Å². The lowest BCUT2D eigenvalue weighted by molar-refractivity contribution is 1.09. The van der Waals surface area contributed by atoms with Gasteiger partial charge in [0, 0.05) is 53.2 Å². The Hall–Kier alpha value is -4.46. The summed E-state index contributed by atoms with van der Waals surface area (Å²) >= 11 is 0. The van der Waals surface area contributed by atoms with E-state index in [0.717, 1.165) is 38.7 Å². The van der Waals surface area contributed by atoms with Gasteiger partial charge in [0.25, 0.3) is 0 Å². The molecule has 0 aliphatic rings. The van der Waals surface area contributed by atoms with Crippen LogP contribution in [0.25, 0.3) is 55.8 Å². The van der Waals surface area contributed by atoms with Gasteiger partial charge in [-0.3, -0.25) is 10.1 Å². The summed E-state index contributed by atoms with van der Waals surface area (Å²) in [4.78, 5) is 25.2. The van der Waals surface area contributed by atoms with Gasteiger partial charge in [0.05, 0.1) is 16.4 Å². The van der Waals surface area contributed by atoms with Crippen LogP contribution in [0.4, 0.5) is 0 Å². The van der Waals surface area contributed by atoms with Crippen LogP contribution in [0, 0.1) is 0 Å². The van der Waals surface area contributed by atoms with Crippen LogP contribution in [0.5, 0.6) is 0 Å². The first-order valence-corrected chi connectivity index (χ1v) is 9.36. The normalized spacial score (nSPS) is 11.3. The lowest BCUT2D eigenvalue weighted by atomic mass is 10.1. The molecule has 5 aromatic heterocycles. The lowest BCUT2D eigenvalue weighted by Gasteiger charge is -2.01. The molecular formula is C22H14N8. The summed E-state index contributed by atoms with van der Waals surface area (Å²) in [5.41, 5.74) is 7.05. The largest absolute Gasteiger partial charge is 0.337 e. The van der Waals surface area contributed by atoms with Crippen molar-refractivity contribution in [1.29, 1.82) is 0 Å². The van der Waals surface area contributed by atoms with Gasteiger partial charge in [0.1, 0.15) is 12.0 Å². The van der Waals surface area contributed by atoms with Crippen LogP contribution in [0.1, 0.15) is 0 Å². The van der Waals surface area contributed by atoms with E-state index in [1.807, 2.05) is 42.6 Å². The third kappa shape index (κ3) is 2.62. The standard InChI is InChI=1S/C22H14N8/c1-4-16(13-3-2-6-23-8-13)19-18(5-1)27-22(28-19)20-17-7-14(11-26-21(17)30-29-20)15-9-24-12-25-10-15/h1-12H,(H,27,28)(H,26,29,30).